The molecular formula is C12H21N3S. The van der Waals surface area contributed by atoms with Gasteiger partial charge in [0.25, 0.3) is 0 Å². The Morgan fingerprint density at radius 2 is 1.81 bits per heavy atom. The van der Waals surface area contributed by atoms with Gasteiger partial charge in [-0.3, -0.25) is 0 Å². The van der Waals surface area contributed by atoms with Crippen molar-refractivity contribution in [1.82, 2.24) is 10.2 Å². The Hall–Kier alpha value is -0.610. The summed E-state index contributed by atoms with van der Waals surface area (Å²) < 4.78 is 0. The van der Waals surface area contributed by atoms with E-state index < -0.39 is 0 Å². The molecule has 2 N–H and O–H groups in total. The first-order chi connectivity index (χ1) is 7.47. The highest BCUT2D eigenvalue weighted by molar-refractivity contribution is 7.99. The van der Waals surface area contributed by atoms with Crippen molar-refractivity contribution in [3.05, 3.63) is 16.8 Å². The van der Waals surface area contributed by atoms with E-state index in [0.29, 0.717) is 17.7 Å². The monoisotopic (exact) mass is 239 g/mol. The van der Waals surface area contributed by atoms with E-state index in [-0.39, 0.29) is 0 Å². The Bertz CT molecular complexity index is 364. The van der Waals surface area contributed by atoms with Gasteiger partial charge in [-0.15, -0.1) is 16.9 Å². The summed E-state index contributed by atoms with van der Waals surface area (Å²) in [6.07, 6.45) is 0. The molecule has 0 saturated carbocycles. The smallest absolute Gasteiger partial charge is 0.124 e. The lowest BCUT2D eigenvalue weighted by molar-refractivity contribution is 0.640. The van der Waals surface area contributed by atoms with Gasteiger partial charge < -0.3 is 5.73 Å². The van der Waals surface area contributed by atoms with Crippen LogP contribution >= 0.6 is 11.8 Å². The van der Waals surface area contributed by atoms with Crippen molar-refractivity contribution >= 4 is 11.8 Å². The second kappa shape index (κ2) is 5.64. The van der Waals surface area contributed by atoms with Crippen LogP contribution in [0.4, 0.5) is 0 Å². The van der Waals surface area contributed by atoms with Crippen LogP contribution in [0.1, 0.15) is 37.6 Å². The molecule has 1 rings (SSSR count). The Morgan fingerprint density at radius 1 is 1.19 bits per heavy atom. The number of nitrogens with two attached hydrogens (primary N) is 1. The van der Waals surface area contributed by atoms with Gasteiger partial charge >= 0.3 is 0 Å². The average Bonchev–Trinajstić information content (AvgIpc) is 2.23. The van der Waals surface area contributed by atoms with Gasteiger partial charge in [-0.1, -0.05) is 20.8 Å². The molecule has 0 aliphatic heterocycles. The van der Waals surface area contributed by atoms with Crippen LogP contribution in [0.3, 0.4) is 0 Å². The van der Waals surface area contributed by atoms with Crippen molar-refractivity contribution in [2.45, 2.75) is 51.4 Å². The third-order valence-corrected chi connectivity index (χ3v) is 4.45. The first-order valence-corrected chi connectivity index (χ1v) is 6.54. The maximum absolute atomic E-state index is 5.79. The summed E-state index contributed by atoms with van der Waals surface area (Å²) in [5, 5.41) is 9.96. The molecule has 3 nitrogen and oxygen atoms in total. The molecule has 0 aliphatic rings. The van der Waals surface area contributed by atoms with Crippen molar-refractivity contribution in [2.75, 3.05) is 0 Å². The highest BCUT2D eigenvalue weighted by Crippen LogP contribution is 2.30. The predicted octanol–water partition coefficient (Wildman–Crippen LogP) is 2.69. The highest BCUT2D eigenvalue weighted by atomic mass is 32.2. The van der Waals surface area contributed by atoms with Gasteiger partial charge in [-0.25, -0.2) is 0 Å². The topological polar surface area (TPSA) is 51.8 Å². The number of aromatic nitrogens is 2. The fraction of sp³-hybridized carbons (Fsp3) is 0.667. The van der Waals surface area contributed by atoms with Gasteiger partial charge in [-0.2, -0.15) is 5.10 Å². The first kappa shape index (κ1) is 13.5. The summed E-state index contributed by atoms with van der Waals surface area (Å²) in [6.45, 7) is 11.2. The molecule has 1 heterocycles. The number of thioether (sulfide) groups is 1. The summed E-state index contributed by atoms with van der Waals surface area (Å²) in [5.41, 5.74) is 9.09. The second-order valence-electron chi connectivity index (χ2n) is 4.47. The number of hydrogen-bond acceptors (Lipinski definition) is 4. The SMILES string of the molecule is Cc1nnc(SC(C)C(C)C)c(CN)c1C. The van der Waals surface area contributed by atoms with E-state index in [9.17, 15) is 0 Å². The fourth-order valence-corrected chi connectivity index (χ4v) is 2.37. The number of nitrogens with zero attached hydrogens (tertiary/aromatic N) is 2. The van der Waals surface area contributed by atoms with Crippen molar-refractivity contribution in [3.63, 3.8) is 0 Å². The van der Waals surface area contributed by atoms with E-state index in [0.717, 1.165) is 16.3 Å². The Balaban J connectivity index is 3.00. The van der Waals surface area contributed by atoms with Gasteiger partial charge in [-0.05, 0) is 25.3 Å². The average molecular weight is 239 g/mol. The van der Waals surface area contributed by atoms with Crippen LogP contribution in [0.2, 0.25) is 0 Å². The Labute approximate surface area is 102 Å². The van der Waals surface area contributed by atoms with Crippen LogP contribution in [0, 0.1) is 19.8 Å². The molecular weight excluding hydrogens is 218 g/mol. The molecule has 1 atom stereocenters. The first-order valence-electron chi connectivity index (χ1n) is 5.66. The van der Waals surface area contributed by atoms with Gasteiger partial charge in [0, 0.05) is 17.4 Å². The molecule has 90 valence electrons. The van der Waals surface area contributed by atoms with E-state index in [1.54, 1.807) is 11.8 Å². The maximum atomic E-state index is 5.79. The molecule has 1 aromatic rings. The van der Waals surface area contributed by atoms with E-state index in [1.807, 2.05) is 6.92 Å². The van der Waals surface area contributed by atoms with Crippen molar-refractivity contribution < 1.29 is 0 Å². The molecule has 0 spiro atoms. The summed E-state index contributed by atoms with van der Waals surface area (Å²) in [5.74, 6) is 0.624. The van der Waals surface area contributed by atoms with Gasteiger partial charge in [0.2, 0.25) is 0 Å². The predicted molar refractivity (Wildman–Crippen MR) is 69.6 cm³/mol. The number of hydrogen-bond donors (Lipinski definition) is 1. The molecule has 1 aromatic heterocycles. The normalized spacial score (nSPS) is 13.2. The Morgan fingerprint density at radius 3 is 2.31 bits per heavy atom. The molecule has 16 heavy (non-hydrogen) atoms. The minimum atomic E-state index is 0.529. The summed E-state index contributed by atoms with van der Waals surface area (Å²) in [7, 11) is 0. The van der Waals surface area contributed by atoms with E-state index in [4.69, 9.17) is 5.73 Å². The zero-order chi connectivity index (χ0) is 12.3. The summed E-state index contributed by atoms with van der Waals surface area (Å²) in [6, 6.07) is 0. The summed E-state index contributed by atoms with van der Waals surface area (Å²) >= 11 is 1.77. The molecule has 0 aromatic carbocycles. The quantitative estimate of drug-likeness (QED) is 0.821. The lowest BCUT2D eigenvalue weighted by Gasteiger charge is -2.17. The van der Waals surface area contributed by atoms with Gasteiger partial charge in [0.05, 0.1) is 5.69 Å². The molecule has 1 unspecified atom stereocenters. The van der Waals surface area contributed by atoms with Crippen molar-refractivity contribution in [3.8, 4) is 0 Å². The lowest BCUT2D eigenvalue weighted by Crippen LogP contribution is -2.11. The van der Waals surface area contributed by atoms with Crippen LogP contribution in [0.5, 0.6) is 0 Å². The molecule has 0 bridgehead atoms. The fourth-order valence-electron chi connectivity index (χ4n) is 1.28. The third-order valence-electron chi connectivity index (χ3n) is 2.98. The van der Waals surface area contributed by atoms with Crippen molar-refractivity contribution in [2.24, 2.45) is 11.7 Å². The van der Waals surface area contributed by atoms with Crippen LogP contribution in [0.15, 0.2) is 5.03 Å². The molecule has 0 radical (unpaired) electrons. The molecule has 0 saturated heterocycles. The minimum absolute atomic E-state index is 0.529. The third kappa shape index (κ3) is 2.95. The number of rotatable bonds is 4. The molecule has 4 heteroatoms. The van der Waals surface area contributed by atoms with E-state index in [1.165, 1.54) is 5.56 Å². The minimum Gasteiger partial charge on any atom is -0.326 e. The standard InChI is InChI=1S/C12H21N3S/c1-7(2)10(5)16-12-11(6-13)8(3)9(4)14-15-12/h7,10H,6,13H2,1-5H3. The second-order valence-corrected chi connectivity index (χ2v) is 5.83. The lowest BCUT2D eigenvalue weighted by atomic mass is 10.1. The highest BCUT2D eigenvalue weighted by Gasteiger charge is 2.15. The molecule has 0 amide bonds. The van der Waals surface area contributed by atoms with Crippen molar-refractivity contribution in [1.29, 1.82) is 0 Å². The van der Waals surface area contributed by atoms with Crippen LogP contribution in [0.25, 0.3) is 0 Å². The van der Waals surface area contributed by atoms with E-state index >= 15 is 0 Å². The van der Waals surface area contributed by atoms with E-state index in [2.05, 4.69) is 37.9 Å². The maximum Gasteiger partial charge on any atom is 0.124 e. The van der Waals surface area contributed by atoms with Gasteiger partial charge in [0.15, 0.2) is 0 Å². The summed E-state index contributed by atoms with van der Waals surface area (Å²) in [4.78, 5) is 0. The van der Waals surface area contributed by atoms with Gasteiger partial charge in [0.1, 0.15) is 5.03 Å². The van der Waals surface area contributed by atoms with Crippen LogP contribution < -0.4 is 5.73 Å². The zero-order valence-electron chi connectivity index (χ0n) is 10.7. The Kier molecular flexibility index (Phi) is 4.74. The number of aryl methyl sites for hydroxylation is 1. The largest absolute Gasteiger partial charge is 0.326 e. The van der Waals surface area contributed by atoms with Crippen LogP contribution in [-0.2, 0) is 6.54 Å². The van der Waals surface area contributed by atoms with Crippen LogP contribution in [-0.4, -0.2) is 15.4 Å². The molecule has 0 fully saturated rings. The zero-order valence-corrected chi connectivity index (χ0v) is 11.6. The molecule has 0 aliphatic carbocycles.